The predicted octanol–water partition coefficient (Wildman–Crippen LogP) is 0.204. The SMILES string of the molecule is O=C(OCO)c1cc(O)ccc1O. The van der Waals surface area contributed by atoms with Gasteiger partial charge in [0.25, 0.3) is 0 Å². The van der Waals surface area contributed by atoms with E-state index >= 15 is 0 Å². The smallest absolute Gasteiger partial charge is 0.344 e. The Morgan fingerprint density at radius 2 is 2.08 bits per heavy atom. The van der Waals surface area contributed by atoms with Gasteiger partial charge in [-0.1, -0.05) is 0 Å². The summed E-state index contributed by atoms with van der Waals surface area (Å²) in [5.74, 6) is -1.37. The number of aliphatic hydroxyl groups excluding tert-OH is 1. The van der Waals surface area contributed by atoms with Crippen molar-refractivity contribution in [1.82, 2.24) is 0 Å². The zero-order valence-corrected chi connectivity index (χ0v) is 6.60. The largest absolute Gasteiger partial charge is 0.508 e. The number of phenolic OH excluding ortho intramolecular Hbond substituents is 2. The standard InChI is InChI=1S/C8H8O5/c9-4-13-8(12)6-3-5(10)1-2-7(6)11/h1-3,9-11H,4H2. The lowest BCUT2D eigenvalue weighted by molar-refractivity contribution is 0.00656. The zero-order valence-electron chi connectivity index (χ0n) is 6.60. The summed E-state index contributed by atoms with van der Waals surface area (Å²) >= 11 is 0. The molecule has 0 saturated carbocycles. The molecule has 3 N–H and O–H groups in total. The van der Waals surface area contributed by atoms with Gasteiger partial charge < -0.3 is 20.1 Å². The fourth-order valence-electron chi connectivity index (χ4n) is 0.824. The van der Waals surface area contributed by atoms with Crippen LogP contribution < -0.4 is 0 Å². The van der Waals surface area contributed by atoms with Crippen molar-refractivity contribution in [2.24, 2.45) is 0 Å². The zero-order chi connectivity index (χ0) is 9.84. The molecule has 0 aliphatic carbocycles. The van der Waals surface area contributed by atoms with E-state index in [0.29, 0.717) is 0 Å². The van der Waals surface area contributed by atoms with Crippen molar-refractivity contribution >= 4 is 5.97 Å². The highest BCUT2D eigenvalue weighted by molar-refractivity contribution is 5.92. The molecule has 0 amide bonds. The highest BCUT2D eigenvalue weighted by Crippen LogP contribution is 2.22. The number of carbonyl (C=O) groups excluding carboxylic acids is 1. The van der Waals surface area contributed by atoms with Gasteiger partial charge >= 0.3 is 5.97 Å². The molecule has 5 heteroatoms. The maximum absolute atomic E-state index is 11.0. The molecule has 0 aromatic heterocycles. The number of ether oxygens (including phenoxy) is 1. The van der Waals surface area contributed by atoms with Crippen molar-refractivity contribution < 1.29 is 24.9 Å². The van der Waals surface area contributed by atoms with Gasteiger partial charge in [-0.3, -0.25) is 0 Å². The molecule has 0 heterocycles. The molecule has 5 nitrogen and oxygen atoms in total. The second-order valence-electron chi connectivity index (χ2n) is 2.26. The Hall–Kier alpha value is -1.75. The van der Waals surface area contributed by atoms with Gasteiger partial charge in [0.1, 0.15) is 17.1 Å². The number of aliphatic hydroxyl groups is 1. The number of phenols is 2. The molecule has 0 aliphatic rings. The fourth-order valence-corrected chi connectivity index (χ4v) is 0.824. The first-order chi connectivity index (χ1) is 6.15. The topological polar surface area (TPSA) is 87.0 Å². The maximum Gasteiger partial charge on any atom is 0.344 e. The summed E-state index contributed by atoms with van der Waals surface area (Å²) in [5.41, 5.74) is -0.186. The van der Waals surface area contributed by atoms with Gasteiger partial charge in [-0.2, -0.15) is 0 Å². The minimum atomic E-state index is -0.893. The quantitative estimate of drug-likeness (QED) is 0.347. The fraction of sp³-hybridized carbons (Fsp3) is 0.125. The highest BCUT2D eigenvalue weighted by atomic mass is 16.6. The van der Waals surface area contributed by atoms with Crippen LogP contribution in [-0.2, 0) is 4.74 Å². The summed E-state index contributed by atoms with van der Waals surface area (Å²) in [6.45, 7) is -0.770. The first kappa shape index (κ1) is 9.34. The van der Waals surface area contributed by atoms with Gasteiger partial charge in [-0.05, 0) is 18.2 Å². The normalized spacial score (nSPS) is 9.62. The van der Waals surface area contributed by atoms with E-state index in [1.807, 2.05) is 0 Å². The molecule has 0 spiro atoms. The van der Waals surface area contributed by atoms with E-state index in [0.717, 1.165) is 12.1 Å². The van der Waals surface area contributed by atoms with E-state index < -0.39 is 12.8 Å². The second-order valence-corrected chi connectivity index (χ2v) is 2.26. The van der Waals surface area contributed by atoms with Crippen LogP contribution in [0.3, 0.4) is 0 Å². The van der Waals surface area contributed by atoms with E-state index in [9.17, 15) is 4.79 Å². The van der Waals surface area contributed by atoms with Crippen LogP contribution in [0.5, 0.6) is 11.5 Å². The molecule has 0 aliphatic heterocycles. The van der Waals surface area contributed by atoms with E-state index in [-0.39, 0.29) is 17.1 Å². The van der Waals surface area contributed by atoms with Gasteiger partial charge in [0, 0.05) is 0 Å². The first-order valence-electron chi connectivity index (χ1n) is 3.45. The number of benzene rings is 1. The number of carbonyl (C=O) groups is 1. The summed E-state index contributed by atoms with van der Waals surface area (Å²) in [7, 11) is 0. The summed E-state index contributed by atoms with van der Waals surface area (Å²) in [6, 6.07) is 3.43. The third-order valence-electron chi connectivity index (χ3n) is 1.40. The Labute approximate surface area is 73.8 Å². The lowest BCUT2D eigenvalue weighted by Gasteiger charge is -2.03. The van der Waals surface area contributed by atoms with Crippen LogP contribution >= 0.6 is 0 Å². The van der Waals surface area contributed by atoms with Gasteiger partial charge in [-0.25, -0.2) is 4.79 Å². The van der Waals surface area contributed by atoms with Gasteiger partial charge in [-0.15, -0.1) is 0 Å². The molecule has 0 fully saturated rings. The third kappa shape index (κ3) is 2.09. The molecule has 1 rings (SSSR count). The van der Waals surface area contributed by atoms with Crippen LogP contribution in [0.2, 0.25) is 0 Å². The van der Waals surface area contributed by atoms with Crippen LogP contribution in [0.25, 0.3) is 0 Å². The molecule has 1 aromatic rings. The maximum atomic E-state index is 11.0. The third-order valence-corrected chi connectivity index (χ3v) is 1.40. The molecule has 1 aromatic carbocycles. The highest BCUT2D eigenvalue weighted by Gasteiger charge is 2.12. The summed E-state index contributed by atoms with van der Waals surface area (Å²) in [6.07, 6.45) is 0. The molecule has 0 unspecified atom stereocenters. The lowest BCUT2D eigenvalue weighted by Crippen LogP contribution is -2.05. The van der Waals surface area contributed by atoms with Gasteiger partial charge in [0.05, 0.1) is 0 Å². The van der Waals surface area contributed by atoms with Crippen molar-refractivity contribution in [3.05, 3.63) is 23.8 Å². The van der Waals surface area contributed by atoms with Crippen LogP contribution in [0, 0.1) is 0 Å². The molecule has 70 valence electrons. The first-order valence-corrected chi connectivity index (χ1v) is 3.45. The Balaban J connectivity index is 2.99. The van der Waals surface area contributed by atoms with Crippen molar-refractivity contribution in [3.8, 4) is 11.5 Å². The molecular weight excluding hydrogens is 176 g/mol. The molecule has 0 radical (unpaired) electrons. The van der Waals surface area contributed by atoms with E-state index in [4.69, 9.17) is 15.3 Å². The Bertz CT molecular complexity index is 320. The average Bonchev–Trinajstić information content (AvgIpc) is 2.09. The molecule has 13 heavy (non-hydrogen) atoms. The average molecular weight is 184 g/mol. The Morgan fingerprint density at radius 3 is 2.69 bits per heavy atom. The van der Waals surface area contributed by atoms with Crippen molar-refractivity contribution in [1.29, 1.82) is 0 Å². The number of hydrogen-bond donors (Lipinski definition) is 3. The summed E-state index contributed by atoms with van der Waals surface area (Å²) in [4.78, 5) is 11.0. The Kier molecular flexibility index (Phi) is 2.71. The monoisotopic (exact) mass is 184 g/mol. The van der Waals surface area contributed by atoms with Gasteiger partial charge in [0.2, 0.25) is 0 Å². The van der Waals surface area contributed by atoms with Crippen LogP contribution in [-0.4, -0.2) is 28.1 Å². The number of hydrogen-bond acceptors (Lipinski definition) is 5. The minimum absolute atomic E-state index is 0.164. The molecule has 0 atom stereocenters. The van der Waals surface area contributed by atoms with Crippen molar-refractivity contribution in [3.63, 3.8) is 0 Å². The Morgan fingerprint density at radius 1 is 1.38 bits per heavy atom. The molecular formula is C8H8O5. The predicted molar refractivity (Wildman–Crippen MR) is 42.3 cm³/mol. The minimum Gasteiger partial charge on any atom is -0.508 e. The lowest BCUT2D eigenvalue weighted by atomic mass is 10.2. The molecule has 0 bridgehead atoms. The van der Waals surface area contributed by atoms with Crippen molar-refractivity contribution in [2.75, 3.05) is 6.79 Å². The summed E-state index contributed by atoms with van der Waals surface area (Å²) in [5, 5.41) is 26.4. The summed E-state index contributed by atoms with van der Waals surface area (Å²) < 4.78 is 4.21. The number of rotatable bonds is 2. The number of aromatic hydroxyl groups is 2. The van der Waals surface area contributed by atoms with Gasteiger partial charge in [0.15, 0.2) is 6.79 Å². The van der Waals surface area contributed by atoms with E-state index in [1.54, 1.807) is 0 Å². The van der Waals surface area contributed by atoms with E-state index in [1.165, 1.54) is 6.07 Å². The number of esters is 1. The second kappa shape index (κ2) is 3.77. The van der Waals surface area contributed by atoms with Crippen LogP contribution in [0.15, 0.2) is 18.2 Å². The van der Waals surface area contributed by atoms with E-state index in [2.05, 4.69) is 4.74 Å². The molecule has 0 saturated heterocycles. The van der Waals surface area contributed by atoms with Crippen LogP contribution in [0.1, 0.15) is 10.4 Å². The van der Waals surface area contributed by atoms with Crippen molar-refractivity contribution in [2.45, 2.75) is 0 Å². The van der Waals surface area contributed by atoms with Crippen LogP contribution in [0.4, 0.5) is 0 Å².